The number of carbonyl (C=O) groups is 1. The van der Waals surface area contributed by atoms with Gasteiger partial charge in [0.15, 0.2) is 0 Å². The zero-order valence-corrected chi connectivity index (χ0v) is 8.10. The quantitative estimate of drug-likeness (QED) is 0.594. The Hall–Kier alpha value is -2.16. The molecule has 15 heavy (non-hydrogen) atoms. The normalized spacial score (nSPS) is 10.1. The second-order valence-corrected chi connectivity index (χ2v) is 3.18. The molecule has 3 heteroatoms. The van der Waals surface area contributed by atoms with E-state index in [1.807, 2.05) is 24.3 Å². The van der Waals surface area contributed by atoms with Crippen LogP contribution in [0, 0.1) is 0 Å². The van der Waals surface area contributed by atoms with E-state index < -0.39 is 0 Å². The van der Waals surface area contributed by atoms with Gasteiger partial charge >= 0.3 is 0 Å². The summed E-state index contributed by atoms with van der Waals surface area (Å²) in [5, 5.41) is 0.859. The fraction of sp³-hybridized carbons (Fsp3) is 0. The molecule has 0 aliphatic heterocycles. The Balaban J connectivity index is 2.72. The van der Waals surface area contributed by atoms with Gasteiger partial charge in [-0.15, -0.1) is 0 Å². The van der Waals surface area contributed by atoms with Crippen molar-refractivity contribution in [2.45, 2.75) is 0 Å². The van der Waals surface area contributed by atoms with Gasteiger partial charge in [-0.1, -0.05) is 24.8 Å². The zero-order valence-electron chi connectivity index (χ0n) is 8.10. The van der Waals surface area contributed by atoms with Crippen molar-refractivity contribution in [1.29, 1.82) is 0 Å². The smallest absolute Gasteiger partial charge is 0.203 e. The van der Waals surface area contributed by atoms with Crippen LogP contribution in [0.4, 0.5) is 5.69 Å². The number of nitrogens with zero attached hydrogens (tertiary/aromatic N) is 1. The number of nitrogens with two attached hydrogens (primary N) is 1. The first-order valence-corrected chi connectivity index (χ1v) is 4.54. The summed E-state index contributed by atoms with van der Waals surface area (Å²) in [6.45, 7) is 3.42. The molecule has 0 radical (unpaired) electrons. The highest BCUT2D eigenvalue weighted by Crippen LogP contribution is 2.20. The number of hydrogen-bond acceptors (Lipinski definition) is 3. The lowest BCUT2D eigenvalue weighted by atomic mass is 10.1. The maximum absolute atomic E-state index is 11.4. The van der Waals surface area contributed by atoms with Gasteiger partial charge in [-0.2, -0.15) is 0 Å². The molecule has 1 aromatic carbocycles. The fourth-order valence-corrected chi connectivity index (χ4v) is 1.43. The lowest BCUT2D eigenvalue weighted by molar-refractivity contribution is 0.104. The molecule has 2 rings (SSSR count). The van der Waals surface area contributed by atoms with Crippen LogP contribution in [0.5, 0.6) is 0 Å². The Bertz CT molecular complexity index is 546. The molecule has 0 bridgehead atoms. The minimum Gasteiger partial charge on any atom is -0.398 e. The maximum Gasteiger partial charge on any atom is 0.203 e. The minimum absolute atomic E-state index is 0.215. The molecule has 0 unspecified atom stereocenters. The standard InChI is InChI=1S/C12H10N2O/c1-2-12(15)11-7-9(13)8-5-3-4-6-10(8)14-11/h2-7H,1H2,(H2,13,14). The third kappa shape index (κ3) is 1.59. The predicted molar refractivity (Wildman–Crippen MR) is 60.7 cm³/mol. The molecule has 1 heterocycles. The van der Waals surface area contributed by atoms with Gasteiger partial charge in [0.1, 0.15) is 5.69 Å². The molecule has 0 amide bonds. The monoisotopic (exact) mass is 198 g/mol. The van der Waals surface area contributed by atoms with E-state index >= 15 is 0 Å². The number of pyridine rings is 1. The Morgan fingerprint density at radius 1 is 1.40 bits per heavy atom. The molecule has 1 aromatic heterocycles. The summed E-state index contributed by atoms with van der Waals surface area (Å²) in [5.74, 6) is -0.215. The van der Waals surface area contributed by atoms with Crippen LogP contribution in [0.1, 0.15) is 10.5 Å². The molecule has 0 spiro atoms. The van der Waals surface area contributed by atoms with E-state index in [1.165, 1.54) is 6.08 Å². The Labute approximate surface area is 87.2 Å². The summed E-state index contributed by atoms with van der Waals surface area (Å²) in [5.41, 5.74) is 7.44. The van der Waals surface area contributed by atoms with E-state index in [0.717, 1.165) is 10.9 Å². The molecule has 2 aromatic rings. The summed E-state index contributed by atoms with van der Waals surface area (Å²) < 4.78 is 0. The van der Waals surface area contributed by atoms with Gasteiger partial charge < -0.3 is 5.73 Å². The second-order valence-electron chi connectivity index (χ2n) is 3.18. The molecule has 0 atom stereocenters. The third-order valence-corrected chi connectivity index (χ3v) is 2.19. The molecule has 0 fully saturated rings. The number of rotatable bonds is 2. The van der Waals surface area contributed by atoms with Crippen LogP contribution >= 0.6 is 0 Å². The third-order valence-electron chi connectivity index (χ3n) is 2.19. The number of nitrogen functional groups attached to an aromatic ring is 1. The summed E-state index contributed by atoms with van der Waals surface area (Å²) in [7, 11) is 0. The Kier molecular flexibility index (Phi) is 2.21. The first-order chi connectivity index (χ1) is 7.22. The van der Waals surface area contributed by atoms with E-state index in [4.69, 9.17) is 5.73 Å². The van der Waals surface area contributed by atoms with Gasteiger partial charge in [0.25, 0.3) is 0 Å². The van der Waals surface area contributed by atoms with E-state index in [0.29, 0.717) is 11.4 Å². The van der Waals surface area contributed by atoms with Gasteiger partial charge in [0.2, 0.25) is 5.78 Å². The number of aromatic nitrogens is 1. The molecule has 3 nitrogen and oxygen atoms in total. The Morgan fingerprint density at radius 2 is 2.13 bits per heavy atom. The fourth-order valence-electron chi connectivity index (χ4n) is 1.43. The number of benzene rings is 1. The van der Waals surface area contributed by atoms with Gasteiger partial charge in [-0.05, 0) is 18.2 Å². The number of hydrogen-bond donors (Lipinski definition) is 1. The van der Waals surface area contributed by atoms with E-state index in [9.17, 15) is 4.79 Å². The number of fused-ring (bicyclic) bond motifs is 1. The Morgan fingerprint density at radius 3 is 2.87 bits per heavy atom. The SMILES string of the molecule is C=CC(=O)c1cc(N)c2ccccc2n1. The van der Waals surface area contributed by atoms with Crippen molar-refractivity contribution in [1.82, 2.24) is 4.98 Å². The number of anilines is 1. The molecule has 74 valence electrons. The average Bonchev–Trinajstić information content (AvgIpc) is 2.28. The topological polar surface area (TPSA) is 56.0 Å². The average molecular weight is 198 g/mol. The van der Waals surface area contributed by atoms with Crippen molar-refractivity contribution in [3.05, 3.63) is 48.7 Å². The van der Waals surface area contributed by atoms with Crippen molar-refractivity contribution in [2.24, 2.45) is 0 Å². The first-order valence-electron chi connectivity index (χ1n) is 4.54. The molecule has 0 aliphatic rings. The van der Waals surface area contributed by atoms with Crippen LogP contribution in [0.15, 0.2) is 43.0 Å². The minimum atomic E-state index is -0.215. The van der Waals surface area contributed by atoms with Crippen LogP contribution in [0.25, 0.3) is 10.9 Å². The van der Waals surface area contributed by atoms with Crippen molar-refractivity contribution in [3.63, 3.8) is 0 Å². The zero-order chi connectivity index (χ0) is 10.8. The molecule has 0 saturated heterocycles. The van der Waals surface area contributed by atoms with Gasteiger partial charge in [0, 0.05) is 11.1 Å². The summed E-state index contributed by atoms with van der Waals surface area (Å²) >= 11 is 0. The van der Waals surface area contributed by atoms with Gasteiger partial charge in [-0.25, -0.2) is 4.98 Å². The van der Waals surface area contributed by atoms with Gasteiger partial charge in [0.05, 0.1) is 5.52 Å². The number of para-hydroxylation sites is 1. The van der Waals surface area contributed by atoms with E-state index in [2.05, 4.69) is 11.6 Å². The van der Waals surface area contributed by atoms with Crippen molar-refractivity contribution in [3.8, 4) is 0 Å². The highest BCUT2D eigenvalue weighted by Gasteiger charge is 2.06. The molecule has 0 saturated carbocycles. The highest BCUT2D eigenvalue weighted by molar-refractivity contribution is 6.05. The lowest BCUT2D eigenvalue weighted by Gasteiger charge is -2.03. The largest absolute Gasteiger partial charge is 0.398 e. The van der Waals surface area contributed by atoms with E-state index in [-0.39, 0.29) is 5.78 Å². The van der Waals surface area contributed by atoms with Crippen LogP contribution in [0.2, 0.25) is 0 Å². The van der Waals surface area contributed by atoms with Crippen LogP contribution in [-0.2, 0) is 0 Å². The maximum atomic E-state index is 11.4. The molecule has 0 aliphatic carbocycles. The number of ketones is 1. The van der Waals surface area contributed by atoms with Gasteiger partial charge in [-0.3, -0.25) is 4.79 Å². The summed E-state index contributed by atoms with van der Waals surface area (Å²) in [6, 6.07) is 9.02. The van der Waals surface area contributed by atoms with Crippen LogP contribution < -0.4 is 5.73 Å². The predicted octanol–water partition coefficient (Wildman–Crippen LogP) is 2.19. The molecule has 2 N–H and O–H groups in total. The van der Waals surface area contributed by atoms with Crippen molar-refractivity contribution >= 4 is 22.4 Å². The second kappa shape index (κ2) is 3.53. The summed E-state index contributed by atoms with van der Waals surface area (Å²) in [4.78, 5) is 15.6. The number of allylic oxidation sites excluding steroid dienone is 1. The lowest BCUT2D eigenvalue weighted by Crippen LogP contribution is -2.00. The van der Waals surface area contributed by atoms with Crippen LogP contribution in [0.3, 0.4) is 0 Å². The van der Waals surface area contributed by atoms with Crippen molar-refractivity contribution < 1.29 is 4.79 Å². The number of carbonyl (C=O) groups excluding carboxylic acids is 1. The van der Waals surface area contributed by atoms with Crippen molar-refractivity contribution in [2.75, 3.05) is 5.73 Å². The highest BCUT2D eigenvalue weighted by atomic mass is 16.1. The molecular weight excluding hydrogens is 188 g/mol. The van der Waals surface area contributed by atoms with Crippen LogP contribution in [-0.4, -0.2) is 10.8 Å². The first kappa shape index (κ1) is 9.40. The summed E-state index contributed by atoms with van der Waals surface area (Å²) in [6.07, 6.45) is 1.23. The molecular formula is C12H10N2O. The van der Waals surface area contributed by atoms with E-state index in [1.54, 1.807) is 6.07 Å².